The van der Waals surface area contributed by atoms with Crippen molar-refractivity contribution in [3.05, 3.63) is 21.5 Å². The van der Waals surface area contributed by atoms with E-state index in [1.807, 2.05) is 0 Å². The molecule has 0 radical (unpaired) electrons. The lowest BCUT2D eigenvalue weighted by Gasteiger charge is -2.37. The van der Waals surface area contributed by atoms with Crippen LogP contribution in [0.1, 0.15) is 27.7 Å². The summed E-state index contributed by atoms with van der Waals surface area (Å²) in [5.41, 5.74) is 1.89. The molecule has 1 rings (SSSR count). The van der Waals surface area contributed by atoms with Gasteiger partial charge in [0.2, 0.25) is 0 Å². The Morgan fingerprint density at radius 3 is 1.65 bits per heavy atom. The van der Waals surface area contributed by atoms with Gasteiger partial charge >= 0.3 is 0 Å². The van der Waals surface area contributed by atoms with E-state index in [4.69, 9.17) is 4.43 Å². The molecule has 1 unspecified atom stereocenters. The van der Waals surface area contributed by atoms with Gasteiger partial charge in [-0.25, -0.2) is 0 Å². The highest BCUT2D eigenvalue weighted by molar-refractivity contribution is 6.94. The zero-order valence-corrected chi connectivity index (χ0v) is 22.0. The Bertz CT molecular complexity index is 637. The van der Waals surface area contributed by atoms with Crippen molar-refractivity contribution in [2.45, 2.75) is 91.2 Å². The van der Waals surface area contributed by atoms with Crippen molar-refractivity contribution < 1.29 is 14.3 Å². The van der Waals surface area contributed by atoms with Crippen LogP contribution in [0.5, 0.6) is 0 Å². The minimum absolute atomic E-state index is 0.117. The van der Waals surface area contributed by atoms with E-state index in [-0.39, 0.29) is 10.8 Å². The largest absolute Gasteiger partial charge is 0.413 e. The molecule has 0 amide bonds. The second-order valence-corrected chi connectivity index (χ2v) is 26.0. The van der Waals surface area contributed by atoms with Gasteiger partial charge in [0.1, 0.15) is 0 Å². The first kappa shape index (κ1) is 23.8. The minimum Gasteiger partial charge on any atom is -0.413 e. The third kappa shape index (κ3) is 4.76. The summed E-state index contributed by atoms with van der Waals surface area (Å²) >= 11 is 0. The van der Waals surface area contributed by atoms with Crippen molar-refractivity contribution >= 4 is 30.2 Å². The molecule has 1 aliphatic rings. The van der Waals surface area contributed by atoms with Crippen LogP contribution in [0.4, 0.5) is 0 Å². The molecule has 0 aliphatic heterocycles. The molecule has 1 aliphatic carbocycles. The smallest absolute Gasteiger partial charge is 0.192 e. The first-order chi connectivity index (χ1) is 11.3. The van der Waals surface area contributed by atoms with Gasteiger partial charge in [-0.1, -0.05) is 60.1 Å². The quantitative estimate of drug-likeness (QED) is 0.601. The third-order valence-electron chi connectivity index (χ3n) is 5.65. The van der Waals surface area contributed by atoms with Gasteiger partial charge in [-0.05, 0) is 46.6 Å². The molecule has 0 aromatic carbocycles. The highest BCUT2D eigenvalue weighted by Gasteiger charge is 2.45. The van der Waals surface area contributed by atoms with Gasteiger partial charge in [-0.2, -0.15) is 0 Å². The summed E-state index contributed by atoms with van der Waals surface area (Å²) in [6.45, 7) is 26.7. The summed E-state index contributed by atoms with van der Waals surface area (Å²) in [4.78, 5) is 13.4. The maximum absolute atomic E-state index is 13.4. The Labute approximate surface area is 164 Å². The predicted molar refractivity (Wildman–Crippen MR) is 121 cm³/mol. The van der Waals surface area contributed by atoms with E-state index in [2.05, 4.69) is 73.1 Å². The number of hydrogen-bond acceptors (Lipinski definition) is 3. The van der Waals surface area contributed by atoms with Crippen LogP contribution in [0.2, 0.25) is 57.4 Å². The lowest BCUT2D eigenvalue weighted by molar-refractivity contribution is -0.111. The van der Waals surface area contributed by atoms with E-state index < -0.39 is 30.6 Å². The highest BCUT2D eigenvalue weighted by atomic mass is 28.4. The van der Waals surface area contributed by atoms with E-state index in [1.54, 1.807) is 6.92 Å². The molecule has 0 spiro atoms. The van der Waals surface area contributed by atoms with Crippen molar-refractivity contribution in [3.8, 4) is 0 Å². The predicted octanol–water partition coefficient (Wildman–Crippen LogP) is 5.32. The fourth-order valence-electron chi connectivity index (χ4n) is 3.29. The Balaban J connectivity index is 3.54. The summed E-state index contributed by atoms with van der Waals surface area (Å²) in [5.74, 6) is 0.202. The molecule has 0 saturated carbocycles. The summed E-state index contributed by atoms with van der Waals surface area (Å²) in [5, 5.41) is 12.6. The average molecular weight is 413 g/mol. The Morgan fingerprint density at radius 1 is 0.923 bits per heavy atom. The van der Waals surface area contributed by atoms with Crippen LogP contribution < -0.4 is 0 Å². The van der Waals surface area contributed by atoms with Gasteiger partial charge in [0.25, 0.3) is 0 Å². The van der Waals surface area contributed by atoms with Crippen LogP contribution in [-0.2, 0) is 9.22 Å². The zero-order valence-electron chi connectivity index (χ0n) is 19.0. The average Bonchev–Trinajstić information content (AvgIpc) is 2.67. The van der Waals surface area contributed by atoms with Crippen LogP contribution >= 0.6 is 0 Å². The third-order valence-corrected chi connectivity index (χ3v) is 14.2. The van der Waals surface area contributed by atoms with E-state index >= 15 is 0 Å². The van der Waals surface area contributed by atoms with E-state index in [1.165, 1.54) is 0 Å². The lowest BCUT2D eigenvalue weighted by atomic mass is 10.1. The van der Waals surface area contributed by atoms with E-state index in [9.17, 15) is 9.90 Å². The van der Waals surface area contributed by atoms with Gasteiger partial charge in [-0.3, -0.25) is 4.79 Å². The molecule has 1 N–H and O–H groups in total. The van der Waals surface area contributed by atoms with Gasteiger partial charge in [0.05, 0.1) is 28.9 Å². The number of hydrogen-bond donors (Lipinski definition) is 1. The number of Topliss-reactive ketones (excluding diaryl/α,β-unsaturated/α-hetero) is 1. The van der Waals surface area contributed by atoms with Crippen molar-refractivity contribution in [3.63, 3.8) is 0 Å². The Hall–Kier alpha value is -0.279. The maximum Gasteiger partial charge on any atom is 0.192 e. The van der Waals surface area contributed by atoms with Crippen LogP contribution in [-0.4, -0.2) is 48.1 Å². The van der Waals surface area contributed by atoms with Gasteiger partial charge in [0, 0.05) is 0 Å². The Kier molecular flexibility index (Phi) is 6.65. The molecule has 0 aromatic heterocycles. The van der Waals surface area contributed by atoms with Crippen molar-refractivity contribution in [2.75, 3.05) is 6.61 Å². The van der Waals surface area contributed by atoms with Crippen LogP contribution in [0, 0.1) is 0 Å². The molecule has 1 atom stereocenters. The number of carbonyl (C=O) groups excluding carboxylic acids is 1. The second kappa shape index (κ2) is 7.28. The SMILES string of the molecule is CC(O)C1=C([Si](C)(C)C)C(=O)C([Si](C)(C)C)=C1CO[Si](C)(C)C(C)(C)C. The van der Waals surface area contributed by atoms with Crippen LogP contribution in [0.3, 0.4) is 0 Å². The minimum atomic E-state index is -1.94. The first-order valence-corrected chi connectivity index (χ1v) is 19.6. The number of aliphatic hydroxyl groups excluding tert-OH is 1. The molecule has 0 aromatic rings. The van der Waals surface area contributed by atoms with Gasteiger partial charge in [-0.15, -0.1) is 0 Å². The molecule has 26 heavy (non-hydrogen) atoms. The number of ketones is 1. The molecule has 0 heterocycles. The molecular weight excluding hydrogens is 372 g/mol. The lowest BCUT2D eigenvalue weighted by Crippen LogP contribution is -2.41. The molecule has 0 fully saturated rings. The summed E-state index contributed by atoms with van der Waals surface area (Å²) < 4.78 is 6.51. The van der Waals surface area contributed by atoms with Crippen molar-refractivity contribution in [1.29, 1.82) is 0 Å². The molecule has 0 saturated heterocycles. The number of carbonyl (C=O) groups is 1. The molecule has 150 valence electrons. The monoisotopic (exact) mass is 412 g/mol. The molecule has 3 nitrogen and oxygen atoms in total. The molecular formula is C20H40O3Si3. The molecule has 0 bridgehead atoms. The van der Waals surface area contributed by atoms with Crippen molar-refractivity contribution in [1.82, 2.24) is 0 Å². The number of allylic oxidation sites excluding steroid dienone is 2. The normalized spacial score (nSPS) is 18.9. The standard InChI is InChI=1S/C20H40O3Si3/c1-14(21)16-15(13-23-26(11,12)20(2,3)4)18(24(5,6)7)17(22)19(16)25(8,9)10/h14,21H,13H2,1-12H3. The van der Waals surface area contributed by atoms with E-state index in [0.717, 1.165) is 21.5 Å². The van der Waals surface area contributed by atoms with Crippen molar-refractivity contribution in [2.24, 2.45) is 0 Å². The highest BCUT2D eigenvalue weighted by Crippen LogP contribution is 2.42. The summed E-state index contributed by atoms with van der Waals surface area (Å²) in [6, 6.07) is 0. The fraction of sp³-hybridized carbons (Fsp3) is 0.750. The molecule has 6 heteroatoms. The summed E-state index contributed by atoms with van der Waals surface area (Å²) in [6.07, 6.45) is -0.632. The topological polar surface area (TPSA) is 46.5 Å². The Morgan fingerprint density at radius 2 is 1.35 bits per heavy atom. The van der Waals surface area contributed by atoms with Gasteiger partial charge < -0.3 is 9.53 Å². The number of rotatable bonds is 6. The number of aliphatic hydroxyl groups is 1. The van der Waals surface area contributed by atoms with Crippen LogP contribution in [0.25, 0.3) is 0 Å². The summed E-state index contributed by atoms with van der Waals surface area (Å²) in [7, 11) is -5.68. The first-order valence-electron chi connectivity index (χ1n) is 9.67. The zero-order chi connectivity index (χ0) is 20.9. The maximum atomic E-state index is 13.4. The van der Waals surface area contributed by atoms with E-state index in [0.29, 0.717) is 6.61 Å². The van der Waals surface area contributed by atoms with Crippen LogP contribution in [0.15, 0.2) is 21.5 Å². The van der Waals surface area contributed by atoms with Gasteiger partial charge in [0.15, 0.2) is 14.1 Å². The second-order valence-electron chi connectivity index (χ2n) is 11.2. The fourth-order valence-corrected chi connectivity index (χ4v) is 8.24.